The smallest absolute Gasteiger partial charge is 0.0608 e. The van der Waals surface area contributed by atoms with Crippen molar-refractivity contribution < 1.29 is 4.74 Å². The predicted octanol–water partition coefficient (Wildman–Crippen LogP) is 4.65. The van der Waals surface area contributed by atoms with Crippen molar-refractivity contribution in [3.63, 3.8) is 0 Å². The first-order chi connectivity index (χ1) is 7.17. The molecule has 1 saturated carbocycles. The molecule has 1 aliphatic rings. The number of hydrogen-bond donors (Lipinski definition) is 0. The summed E-state index contributed by atoms with van der Waals surface area (Å²) >= 11 is 0. The summed E-state index contributed by atoms with van der Waals surface area (Å²) in [5.41, 5.74) is 0.679. The Bertz CT molecular complexity index is 202. The summed E-state index contributed by atoms with van der Waals surface area (Å²) in [6.45, 7) is 14.6. The van der Waals surface area contributed by atoms with E-state index in [4.69, 9.17) is 4.74 Å². The topological polar surface area (TPSA) is 9.23 Å². The van der Waals surface area contributed by atoms with Gasteiger partial charge in [0.2, 0.25) is 0 Å². The van der Waals surface area contributed by atoms with Crippen LogP contribution in [0.3, 0.4) is 0 Å². The summed E-state index contributed by atoms with van der Waals surface area (Å²) in [5, 5.41) is 0. The lowest BCUT2D eigenvalue weighted by molar-refractivity contribution is -0.0606. The van der Waals surface area contributed by atoms with E-state index in [1.807, 2.05) is 0 Å². The van der Waals surface area contributed by atoms with Crippen molar-refractivity contribution in [1.29, 1.82) is 0 Å². The number of ether oxygens (including phenoxy) is 1. The summed E-state index contributed by atoms with van der Waals surface area (Å²) in [6, 6.07) is 0. The standard InChI is InChI=1S/C15H30O/c1-14(2,3)10-13(12-8-7-9-12)16-11-15(4,5)6/h12-13H,7-11H2,1-6H3/t13-/m0/s1. The Kier molecular flexibility index (Phi) is 4.45. The average molecular weight is 226 g/mol. The van der Waals surface area contributed by atoms with E-state index in [1.54, 1.807) is 0 Å². The minimum atomic E-state index is 0.292. The molecule has 1 aliphatic carbocycles. The second-order valence-corrected chi connectivity index (χ2v) is 7.87. The molecule has 0 N–H and O–H groups in total. The second kappa shape index (κ2) is 5.08. The summed E-state index contributed by atoms with van der Waals surface area (Å²) in [6.07, 6.45) is 5.86. The minimum Gasteiger partial charge on any atom is -0.377 e. The van der Waals surface area contributed by atoms with Gasteiger partial charge >= 0.3 is 0 Å². The van der Waals surface area contributed by atoms with Crippen molar-refractivity contribution in [3.8, 4) is 0 Å². The summed E-state index contributed by atoms with van der Waals surface area (Å²) in [7, 11) is 0. The van der Waals surface area contributed by atoms with Gasteiger partial charge in [-0.15, -0.1) is 0 Å². The maximum Gasteiger partial charge on any atom is 0.0608 e. The van der Waals surface area contributed by atoms with E-state index in [0.29, 0.717) is 16.9 Å². The van der Waals surface area contributed by atoms with Crippen LogP contribution in [0, 0.1) is 16.7 Å². The van der Waals surface area contributed by atoms with Crippen LogP contribution < -0.4 is 0 Å². The minimum absolute atomic E-state index is 0.292. The molecular formula is C15H30O. The largest absolute Gasteiger partial charge is 0.377 e. The Balaban J connectivity index is 2.44. The van der Waals surface area contributed by atoms with Gasteiger partial charge in [-0.25, -0.2) is 0 Å². The molecule has 0 aromatic rings. The molecule has 1 fully saturated rings. The van der Waals surface area contributed by atoms with Gasteiger partial charge in [-0.2, -0.15) is 0 Å². The normalized spacial score (nSPS) is 20.6. The van der Waals surface area contributed by atoms with Gasteiger partial charge in [0, 0.05) is 0 Å². The van der Waals surface area contributed by atoms with Gasteiger partial charge in [-0.3, -0.25) is 0 Å². The summed E-state index contributed by atoms with van der Waals surface area (Å²) in [5.74, 6) is 0.835. The van der Waals surface area contributed by atoms with Crippen LogP contribution in [0.1, 0.15) is 67.2 Å². The van der Waals surface area contributed by atoms with Gasteiger partial charge in [0.1, 0.15) is 0 Å². The highest BCUT2D eigenvalue weighted by atomic mass is 16.5. The fourth-order valence-corrected chi connectivity index (χ4v) is 2.13. The molecule has 0 spiro atoms. The molecular weight excluding hydrogens is 196 g/mol. The Hall–Kier alpha value is -0.0400. The Morgan fingerprint density at radius 2 is 1.56 bits per heavy atom. The molecule has 0 aromatic carbocycles. The van der Waals surface area contributed by atoms with E-state index < -0.39 is 0 Å². The molecule has 0 amide bonds. The highest BCUT2D eigenvalue weighted by Gasteiger charge is 2.32. The molecule has 0 aliphatic heterocycles. The molecule has 0 bridgehead atoms. The molecule has 1 rings (SSSR count). The van der Waals surface area contributed by atoms with Crippen LogP contribution in [0.15, 0.2) is 0 Å². The van der Waals surface area contributed by atoms with Crippen LogP contribution in [-0.4, -0.2) is 12.7 Å². The molecule has 96 valence electrons. The van der Waals surface area contributed by atoms with E-state index in [2.05, 4.69) is 41.5 Å². The van der Waals surface area contributed by atoms with Crippen molar-refractivity contribution in [3.05, 3.63) is 0 Å². The molecule has 0 unspecified atom stereocenters. The van der Waals surface area contributed by atoms with Crippen LogP contribution in [0.25, 0.3) is 0 Å². The van der Waals surface area contributed by atoms with Crippen LogP contribution in [0.2, 0.25) is 0 Å². The van der Waals surface area contributed by atoms with E-state index in [9.17, 15) is 0 Å². The van der Waals surface area contributed by atoms with Crippen molar-refractivity contribution in [2.45, 2.75) is 73.3 Å². The average Bonchev–Trinajstić information content (AvgIpc) is 1.92. The van der Waals surface area contributed by atoms with Crippen molar-refractivity contribution in [2.24, 2.45) is 16.7 Å². The molecule has 16 heavy (non-hydrogen) atoms. The lowest BCUT2D eigenvalue weighted by atomic mass is 9.75. The van der Waals surface area contributed by atoms with Crippen molar-refractivity contribution in [2.75, 3.05) is 6.61 Å². The quantitative estimate of drug-likeness (QED) is 0.678. The first-order valence-electron chi connectivity index (χ1n) is 6.79. The fraction of sp³-hybridized carbons (Fsp3) is 1.00. The van der Waals surface area contributed by atoms with Crippen LogP contribution in [0.4, 0.5) is 0 Å². The Morgan fingerprint density at radius 3 is 1.88 bits per heavy atom. The zero-order valence-corrected chi connectivity index (χ0v) is 12.1. The fourth-order valence-electron chi connectivity index (χ4n) is 2.13. The zero-order chi connectivity index (χ0) is 12.4. The van der Waals surface area contributed by atoms with Gasteiger partial charge in [-0.05, 0) is 36.0 Å². The number of hydrogen-bond acceptors (Lipinski definition) is 1. The maximum absolute atomic E-state index is 6.19. The van der Waals surface area contributed by atoms with Gasteiger partial charge < -0.3 is 4.74 Å². The molecule has 0 aromatic heterocycles. The van der Waals surface area contributed by atoms with E-state index in [1.165, 1.54) is 25.7 Å². The van der Waals surface area contributed by atoms with Gasteiger partial charge in [0.15, 0.2) is 0 Å². The third-order valence-corrected chi connectivity index (χ3v) is 3.22. The molecule has 1 atom stereocenters. The second-order valence-electron chi connectivity index (χ2n) is 7.87. The molecule has 0 saturated heterocycles. The monoisotopic (exact) mass is 226 g/mol. The van der Waals surface area contributed by atoms with E-state index >= 15 is 0 Å². The van der Waals surface area contributed by atoms with E-state index in [-0.39, 0.29) is 0 Å². The Morgan fingerprint density at radius 1 is 1.00 bits per heavy atom. The lowest BCUT2D eigenvalue weighted by Gasteiger charge is -2.38. The first-order valence-corrected chi connectivity index (χ1v) is 6.79. The molecule has 1 nitrogen and oxygen atoms in total. The van der Waals surface area contributed by atoms with Crippen LogP contribution in [-0.2, 0) is 4.74 Å². The summed E-state index contributed by atoms with van der Waals surface area (Å²) in [4.78, 5) is 0. The maximum atomic E-state index is 6.19. The van der Waals surface area contributed by atoms with Crippen LogP contribution >= 0.6 is 0 Å². The predicted molar refractivity (Wildman–Crippen MR) is 70.6 cm³/mol. The zero-order valence-electron chi connectivity index (χ0n) is 12.1. The third kappa shape index (κ3) is 5.34. The third-order valence-electron chi connectivity index (χ3n) is 3.22. The van der Waals surface area contributed by atoms with Gasteiger partial charge in [-0.1, -0.05) is 48.0 Å². The lowest BCUT2D eigenvalue weighted by Crippen LogP contribution is -2.35. The summed E-state index contributed by atoms with van der Waals surface area (Å²) < 4.78 is 6.19. The molecule has 1 heteroatoms. The Labute approximate surface area is 102 Å². The van der Waals surface area contributed by atoms with Crippen molar-refractivity contribution in [1.82, 2.24) is 0 Å². The number of rotatable bonds is 4. The van der Waals surface area contributed by atoms with Crippen molar-refractivity contribution >= 4 is 0 Å². The van der Waals surface area contributed by atoms with Gasteiger partial charge in [0.05, 0.1) is 12.7 Å². The highest BCUT2D eigenvalue weighted by Crippen LogP contribution is 2.37. The van der Waals surface area contributed by atoms with Gasteiger partial charge in [0.25, 0.3) is 0 Å². The SMILES string of the molecule is CC(C)(C)CO[C@@H](CC(C)(C)C)C1CCC1. The first kappa shape index (κ1) is 14.0. The molecule has 0 heterocycles. The van der Waals surface area contributed by atoms with E-state index in [0.717, 1.165) is 12.5 Å². The molecule has 0 radical (unpaired) electrons. The van der Waals surface area contributed by atoms with Crippen LogP contribution in [0.5, 0.6) is 0 Å². The highest BCUT2D eigenvalue weighted by molar-refractivity contribution is 4.82.